The maximum absolute atomic E-state index is 12.3. The van der Waals surface area contributed by atoms with Crippen molar-refractivity contribution >= 4 is 15.9 Å². The van der Waals surface area contributed by atoms with Crippen LogP contribution in [0.25, 0.3) is 0 Å². The Morgan fingerprint density at radius 2 is 1.90 bits per heavy atom. The van der Waals surface area contributed by atoms with Crippen LogP contribution < -0.4 is 9.46 Å². The molecule has 0 bridgehead atoms. The molecule has 1 aromatic carbocycles. The second-order valence-corrected chi connectivity index (χ2v) is 9.43. The highest BCUT2D eigenvalue weighted by Gasteiger charge is 2.37. The molecule has 1 saturated heterocycles. The SMILES string of the molecule is O=C1CC[C@@H](c2nc(CNS(=O)(=O)C3CC3)no2)N1Cc1ccc(OC(F)(F)F)cc1. The van der Waals surface area contributed by atoms with Gasteiger partial charge in [-0.3, -0.25) is 4.79 Å². The topological polar surface area (TPSA) is 115 Å². The van der Waals surface area contributed by atoms with Gasteiger partial charge in [0.1, 0.15) is 11.8 Å². The van der Waals surface area contributed by atoms with Gasteiger partial charge in [-0.1, -0.05) is 17.3 Å². The Morgan fingerprint density at radius 1 is 1.19 bits per heavy atom. The number of nitrogens with one attached hydrogen (secondary N) is 1. The highest BCUT2D eigenvalue weighted by Crippen LogP contribution is 2.34. The van der Waals surface area contributed by atoms with Crippen molar-refractivity contribution in [3.63, 3.8) is 0 Å². The van der Waals surface area contributed by atoms with Gasteiger partial charge in [-0.05, 0) is 37.0 Å². The van der Waals surface area contributed by atoms with E-state index in [2.05, 4.69) is 19.6 Å². The molecule has 1 N–H and O–H groups in total. The van der Waals surface area contributed by atoms with Crippen LogP contribution in [-0.2, 0) is 27.9 Å². The van der Waals surface area contributed by atoms with Gasteiger partial charge in [0.25, 0.3) is 0 Å². The summed E-state index contributed by atoms with van der Waals surface area (Å²) in [5, 5.41) is 3.42. The maximum atomic E-state index is 12.3. The van der Waals surface area contributed by atoms with E-state index in [1.807, 2.05) is 0 Å². The van der Waals surface area contributed by atoms with Gasteiger partial charge in [0, 0.05) is 13.0 Å². The number of benzene rings is 1. The van der Waals surface area contributed by atoms with Crippen molar-refractivity contribution in [2.45, 2.75) is 56.4 Å². The lowest BCUT2D eigenvalue weighted by Gasteiger charge is -2.22. The molecule has 0 spiro atoms. The number of ether oxygens (including phenoxy) is 1. The van der Waals surface area contributed by atoms with Crippen molar-refractivity contribution in [1.82, 2.24) is 19.8 Å². The van der Waals surface area contributed by atoms with Gasteiger partial charge in [0.15, 0.2) is 5.82 Å². The van der Waals surface area contributed by atoms with Gasteiger partial charge in [0.2, 0.25) is 21.8 Å². The number of aromatic nitrogens is 2. The summed E-state index contributed by atoms with van der Waals surface area (Å²) in [4.78, 5) is 18.1. The molecular formula is C18H19F3N4O5S. The summed E-state index contributed by atoms with van der Waals surface area (Å²) in [6.07, 6.45) is -2.82. The van der Waals surface area contributed by atoms with Crippen LogP contribution in [-0.4, -0.2) is 41.0 Å². The molecule has 2 aliphatic rings. The molecule has 13 heteroatoms. The Kier molecular flexibility index (Phi) is 5.64. The second-order valence-electron chi connectivity index (χ2n) is 7.38. The van der Waals surface area contributed by atoms with Gasteiger partial charge in [-0.2, -0.15) is 4.98 Å². The van der Waals surface area contributed by atoms with Crippen molar-refractivity contribution in [3.05, 3.63) is 41.5 Å². The molecule has 1 saturated carbocycles. The first-order valence-electron chi connectivity index (χ1n) is 9.56. The number of halogens is 3. The minimum absolute atomic E-state index is 0.107. The predicted octanol–water partition coefficient (Wildman–Crippen LogP) is 2.41. The Hall–Kier alpha value is -2.67. The van der Waals surface area contributed by atoms with Crippen molar-refractivity contribution in [3.8, 4) is 5.75 Å². The van der Waals surface area contributed by atoms with Gasteiger partial charge in [-0.15, -0.1) is 13.2 Å². The number of rotatable bonds is 8. The molecule has 168 valence electrons. The van der Waals surface area contributed by atoms with E-state index in [-0.39, 0.29) is 48.1 Å². The first kappa shape index (κ1) is 21.6. The van der Waals surface area contributed by atoms with E-state index in [0.29, 0.717) is 24.8 Å². The quantitative estimate of drug-likeness (QED) is 0.643. The third kappa shape index (κ3) is 5.34. The maximum Gasteiger partial charge on any atom is 0.573 e. The fraction of sp³-hybridized carbons (Fsp3) is 0.500. The summed E-state index contributed by atoms with van der Waals surface area (Å²) in [6, 6.07) is 4.73. The zero-order valence-corrected chi connectivity index (χ0v) is 16.9. The van der Waals surface area contributed by atoms with E-state index in [0.717, 1.165) is 0 Å². The number of amides is 1. The van der Waals surface area contributed by atoms with Crippen LogP contribution in [0, 0.1) is 0 Å². The van der Waals surface area contributed by atoms with Crippen LogP contribution in [0.2, 0.25) is 0 Å². The van der Waals surface area contributed by atoms with E-state index in [4.69, 9.17) is 4.52 Å². The minimum Gasteiger partial charge on any atom is -0.406 e. The molecule has 1 aromatic heterocycles. The fourth-order valence-electron chi connectivity index (χ4n) is 3.32. The monoisotopic (exact) mass is 460 g/mol. The lowest BCUT2D eigenvalue weighted by atomic mass is 10.1. The lowest BCUT2D eigenvalue weighted by molar-refractivity contribution is -0.274. The summed E-state index contributed by atoms with van der Waals surface area (Å²) < 4.78 is 72.2. The molecule has 31 heavy (non-hydrogen) atoms. The van der Waals surface area contributed by atoms with Gasteiger partial charge in [-0.25, -0.2) is 13.1 Å². The number of hydrogen-bond acceptors (Lipinski definition) is 7. The van der Waals surface area contributed by atoms with Crippen LogP contribution in [0.4, 0.5) is 13.2 Å². The van der Waals surface area contributed by atoms with Gasteiger partial charge in [0.05, 0.1) is 11.8 Å². The molecule has 1 aliphatic carbocycles. The molecule has 4 rings (SSSR count). The molecular weight excluding hydrogens is 441 g/mol. The number of likely N-dealkylation sites (tertiary alicyclic amines) is 1. The molecule has 9 nitrogen and oxygen atoms in total. The van der Waals surface area contributed by atoms with Gasteiger partial charge >= 0.3 is 6.36 Å². The molecule has 1 aliphatic heterocycles. The summed E-state index contributed by atoms with van der Waals surface area (Å²) in [5.41, 5.74) is 0.603. The van der Waals surface area contributed by atoms with E-state index >= 15 is 0 Å². The van der Waals surface area contributed by atoms with Crippen LogP contribution in [0.1, 0.15) is 49.0 Å². The Labute approximate surface area is 175 Å². The highest BCUT2D eigenvalue weighted by atomic mass is 32.2. The average Bonchev–Trinajstić information content (AvgIpc) is 3.37. The van der Waals surface area contributed by atoms with Gasteiger partial charge < -0.3 is 14.2 Å². The fourth-order valence-corrected chi connectivity index (χ4v) is 4.64. The molecule has 1 atom stereocenters. The van der Waals surface area contributed by atoms with E-state index in [1.165, 1.54) is 29.2 Å². The molecule has 2 heterocycles. The number of nitrogens with zero attached hydrogens (tertiary/aromatic N) is 3. The van der Waals surface area contributed by atoms with Crippen molar-refractivity contribution in [2.24, 2.45) is 0 Å². The summed E-state index contributed by atoms with van der Waals surface area (Å²) in [5.74, 6) is -0.166. The Balaban J connectivity index is 1.41. The number of carbonyl (C=O) groups is 1. The predicted molar refractivity (Wildman–Crippen MR) is 98.7 cm³/mol. The Morgan fingerprint density at radius 3 is 2.55 bits per heavy atom. The summed E-state index contributed by atoms with van der Waals surface area (Å²) in [6.45, 7) is 0.0332. The van der Waals surface area contributed by atoms with Crippen LogP contribution in [0.3, 0.4) is 0 Å². The molecule has 0 unspecified atom stereocenters. The third-order valence-electron chi connectivity index (χ3n) is 5.00. The molecule has 2 aromatic rings. The average molecular weight is 460 g/mol. The molecule has 1 amide bonds. The van der Waals surface area contributed by atoms with Crippen molar-refractivity contribution < 1.29 is 35.6 Å². The van der Waals surface area contributed by atoms with Crippen LogP contribution in [0.5, 0.6) is 5.75 Å². The second kappa shape index (κ2) is 8.11. The van der Waals surface area contributed by atoms with Crippen molar-refractivity contribution in [1.29, 1.82) is 0 Å². The smallest absolute Gasteiger partial charge is 0.406 e. The standard InChI is InChI=1S/C18H19F3N4O5S/c19-18(20,21)29-12-3-1-11(2-4-12)10-25-14(7-8-16(25)26)17-23-15(24-30-17)9-22-31(27,28)13-5-6-13/h1-4,13-14,22H,5-10H2/t14-/m0/s1. The number of carbonyl (C=O) groups excluding carboxylic acids is 1. The van der Waals surface area contributed by atoms with Crippen molar-refractivity contribution in [2.75, 3.05) is 0 Å². The highest BCUT2D eigenvalue weighted by molar-refractivity contribution is 7.90. The molecule has 0 radical (unpaired) electrons. The third-order valence-corrected chi connectivity index (χ3v) is 6.90. The van der Waals surface area contributed by atoms with Crippen LogP contribution >= 0.6 is 0 Å². The zero-order valence-electron chi connectivity index (χ0n) is 16.1. The first-order valence-corrected chi connectivity index (χ1v) is 11.1. The van der Waals surface area contributed by atoms with E-state index < -0.39 is 22.4 Å². The number of hydrogen-bond donors (Lipinski definition) is 1. The van der Waals surface area contributed by atoms with E-state index in [9.17, 15) is 26.4 Å². The van der Waals surface area contributed by atoms with Crippen LogP contribution in [0.15, 0.2) is 28.8 Å². The Bertz CT molecular complexity index is 1050. The minimum atomic E-state index is -4.78. The van der Waals surface area contributed by atoms with E-state index in [1.54, 1.807) is 0 Å². The number of sulfonamides is 1. The number of alkyl halides is 3. The largest absolute Gasteiger partial charge is 0.573 e. The zero-order chi connectivity index (χ0) is 22.2. The first-order chi connectivity index (χ1) is 14.6. The molecule has 2 fully saturated rings. The normalized spacial score (nSPS) is 19.8. The lowest BCUT2D eigenvalue weighted by Crippen LogP contribution is -2.28. The summed E-state index contributed by atoms with van der Waals surface area (Å²) >= 11 is 0. The summed E-state index contributed by atoms with van der Waals surface area (Å²) in [7, 11) is -3.39.